The lowest BCUT2D eigenvalue weighted by Crippen LogP contribution is -2.39. The van der Waals surface area contributed by atoms with Crippen molar-refractivity contribution in [3.05, 3.63) is 115 Å². The summed E-state index contributed by atoms with van der Waals surface area (Å²) in [4.78, 5) is 4.99. The first-order valence-electron chi connectivity index (χ1n) is 12.2. The summed E-state index contributed by atoms with van der Waals surface area (Å²) >= 11 is 0. The first-order chi connectivity index (χ1) is 17.0. The zero-order valence-corrected chi connectivity index (χ0v) is 21.4. The molecule has 6 aromatic rings. The Morgan fingerprint density at radius 3 is 2.00 bits per heavy atom. The number of rotatable bonds is 4. The predicted molar refractivity (Wildman–Crippen MR) is 152 cm³/mol. The maximum absolute atomic E-state index is 4.99. The Hall–Kier alpha value is -3.95. The monoisotopic (exact) mass is 468 g/mol. The van der Waals surface area contributed by atoms with Crippen molar-refractivity contribution < 1.29 is 0 Å². The van der Waals surface area contributed by atoms with Crippen LogP contribution in [0.1, 0.15) is 0 Å². The van der Waals surface area contributed by atoms with Crippen LogP contribution >= 0.6 is 0 Å². The molecule has 3 heteroatoms. The first kappa shape index (κ1) is 21.6. The Balaban J connectivity index is 1.59. The van der Waals surface area contributed by atoms with Crippen LogP contribution in [0.25, 0.3) is 49.9 Å². The van der Waals surface area contributed by atoms with Crippen molar-refractivity contribution in [3.63, 3.8) is 0 Å². The Bertz CT molecular complexity index is 1660. The summed E-state index contributed by atoms with van der Waals surface area (Å²) in [6, 6.07) is 39.1. The average molecular weight is 469 g/mol. The van der Waals surface area contributed by atoms with Gasteiger partial charge in [-0.05, 0) is 46.6 Å². The largest absolute Gasteiger partial charge is 0.309 e. The molecule has 4 aromatic carbocycles. The van der Waals surface area contributed by atoms with Gasteiger partial charge in [0, 0.05) is 28.2 Å². The second-order valence-electron chi connectivity index (χ2n) is 10.2. The summed E-state index contributed by atoms with van der Waals surface area (Å²) in [5, 5.41) is 3.92. The fourth-order valence-electron chi connectivity index (χ4n) is 5.05. The van der Waals surface area contributed by atoms with E-state index in [-0.39, 0.29) is 0 Å². The van der Waals surface area contributed by atoms with E-state index in [9.17, 15) is 0 Å². The molecule has 0 aliphatic carbocycles. The van der Waals surface area contributed by atoms with Crippen LogP contribution < -0.4 is 5.19 Å². The van der Waals surface area contributed by atoms with Gasteiger partial charge in [-0.3, -0.25) is 4.98 Å². The molecule has 0 aliphatic rings. The molecule has 0 bridgehead atoms. The Labute approximate surface area is 207 Å². The van der Waals surface area contributed by atoms with Crippen LogP contribution in [0.15, 0.2) is 115 Å². The number of hydrogen-bond donors (Lipinski definition) is 0. The molecular formula is C32H28N2Si. The molecular weight excluding hydrogens is 440 g/mol. The lowest BCUT2D eigenvalue weighted by atomic mass is 10.0. The lowest BCUT2D eigenvalue weighted by molar-refractivity contribution is 1.18. The quantitative estimate of drug-likeness (QED) is 0.239. The van der Waals surface area contributed by atoms with Gasteiger partial charge in [-0.25, -0.2) is 0 Å². The second-order valence-corrected chi connectivity index (χ2v) is 15.2. The van der Waals surface area contributed by atoms with E-state index in [2.05, 4.69) is 140 Å². The van der Waals surface area contributed by atoms with Crippen molar-refractivity contribution in [2.45, 2.75) is 19.6 Å². The summed E-state index contributed by atoms with van der Waals surface area (Å²) in [6.07, 6.45) is 2.13. The molecule has 0 saturated carbocycles. The molecule has 0 unspecified atom stereocenters. The van der Waals surface area contributed by atoms with Gasteiger partial charge in [0.25, 0.3) is 0 Å². The van der Waals surface area contributed by atoms with Crippen molar-refractivity contribution in [1.82, 2.24) is 9.55 Å². The van der Waals surface area contributed by atoms with E-state index in [4.69, 9.17) is 4.98 Å². The van der Waals surface area contributed by atoms with Gasteiger partial charge in [0.15, 0.2) is 0 Å². The van der Waals surface area contributed by atoms with Gasteiger partial charge >= 0.3 is 0 Å². The van der Waals surface area contributed by atoms with Gasteiger partial charge in [0.05, 0.1) is 24.8 Å². The normalized spacial score (nSPS) is 11.9. The maximum atomic E-state index is 4.99. The number of fused-ring (bicyclic) bond motifs is 3. The maximum Gasteiger partial charge on any atom is 0.0804 e. The zero-order valence-electron chi connectivity index (χ0n) is 20.4. The van der Waals surface area contributed by atoms with Crippen molar-refractivity contribution >= 4 is 35.1 Å². The second kappa shape index (κ2) is 8.37. The SMILES string of the molecule is C[Si](C)(C)c1cnc(-c2ccc3c4ccccc4n(-c4ccccc4)c3c2)cc1-c1ccccc1. The minimum atomic E-state index is -1.57. The van der Waals surface area contributed by atoms with Crippen LogP contribution in [0.3, 0.4) is 0 Å². The van der Waals surface area contributed by atoms with Crippen molar-refractivity contribution in [2.24, 2.45) is 0 Å². The minimum Gasteiger partial charge on any atom is -0.309 e. The molecule has 35 heavy (non-hydrogen) atoms. The van der Waals surface area contributed by atoms with Crippen LogP contribution in [0.2, 0.25) is 19.6 Å². The number of nitrogens with zero attached hydrogens (tertiary/aromatic N) is 2. The molecule has 2 nitrogen and oxygen atoms in total. The summed E-state index contributed by atoms with van der Waals surface area (Å²) < 4.78 is 2.36. The average Bonchev–Trinajstić information content (AvgIpc) is 3.22. The molecule has 0 amide bonds. The highest BCUT2D eigenvalue weighted by molar-refractivity contribution is 6.89. The van der Waals surface area contributed by atoms with E-state index in [1.54, 1.807) is 0 Å². The summed E-state index contributed by atoms with van der Waals surface area (Å²) in [7, 11) is -1.57. The van der Waals surface area contributed by atoms with Gasteiger partial charge in [0.1, 0.15) is 0 Å². The summed E-state index contributed by atoms with van der Waals surface area (Å²) in [5.74, 6) is 0. The Morgan fingerprint density at radius 1 is 0.600 bits per heavy atom. The van der Waals surface area contributed by atoms with Gasteiger partial charge in [-0.2, -0.15) is 0 Å². The molecule has 0 N–H and O–H groups in total. The number of benzene rings is 4. The minimum absolute atomic E-state index is 1.01. The molecule has 2 heterocycles. The smallest absolute Gasteiger partial charge is 0.0804 e. The number of hydrogen-bond acceptors (Lipinski definition) is 1. The van der Waals surface area contributed by atoms with E-state index >= 15 is 0 Å². The number of pyridine rings is 1. The Kier molecular flexibility index (Phi) is 5.16. The van der Waals surface area contributed by atoms with Crippen LogP contribution in [-0.4, -0.2) is 17.6 Å². The highest BCUT2D eigenvalue weighted by Gasteiger charge is 2.22. The lowest BCUT2D eigenvalue weighted by Gasteiger charge is -2.21. The fraction of sp³-hybridized carbons (Fsp3) is 0.0938. The number of aromatic nitrogens is 2. The molecule has 0 fully saturated rings. The molecule has 0 radical (unpaired) electrons. The van der Waals surface area contributed by atoms with Crippen LogP contribution in [0.4, 0.5) is 0 Å². The standard InChI is InChI=1S/C32H28N2Si/c1-35(2,3)32-22-33-29(21-28(32)23-12-6-4-7-13-23)24-18-19-27-26-16-10-11-17-30(26)34(31(27)20-24)25-14-8-5-9-15-25/h4-22H,1-3H3. The molecule has 6 rings (SSSR count). The van der Waals surface area contributed by atoms with Crippen LogP contribution in [0.5, 0.6) is 0 Å². The van der Waals surface area contributed by atoms with Gasteiger partial charge in [-0.1, -0.05) is 98.5 Å². The molecule has 0 aliphatic heterocycles. The summed E-state index contributed by atoms with van der Waals surface area (Å²) in [6.45, 7) is 7.17. The van der Waals surface area contributed by atoms with Gasteiger partial charge in [0.2, 0.25) is 0 Å². The van der Waals surface area contributed by atoms with Gasteiger partial charge < -0.3 is 4.57 Å². The third-order valence-corrected chi connectivity index (χ3v) is 8.80. The zero-order chi connectivity index (χ0) is 24.0. The molecule has 0 spiro atoms. The predicted octanol–water partition coefficient (Wildman–Crippen LogP) is 8.06. The Morgan fingerprint density at radius 2 is 1.26 bits per heavy atom. The number of para-hydroxylation sites is 2. The van der Waals surface area contributed by atoms with E-state index in [0.717, 1.165) is 11.3 Å². The fourth-order valence-corrected chi connectivity index (χ4v) is 6.53. The van der Waals surface area contributed by atoms with E-state index in [1.807, 2.05) is 0 Å². The molecule has 0 atom stereocenters. The highest BCUT2D eigenvalue weighted by Crippen LogP contribution is 2.35. The molecule has 2 aromatic heterocycles. The molecule has 170 valence electrons. The van der Waals surface area contributed by atoms with E-state index in [0.29, 0.717) is 0 Å². The molecule has 0 saturated heterocycles. The van der Waals surface area contributed by atoms with E-state index in [1.165, 1.54) is 43.8 Å². The van der Waals surface area contributed by atoms with Crippen LogP contribution in [0, 0.1) is 0 Å². The third kappa shape index (κ3) is 3.78. The summed E-state index contributed by atoms with van der Waals surface area (Å²) in [5.41, 5.74) is 8.30. The first-order valence-corrected chi connectivity index (χ1v) is 15.7. The highest BCUT2D eigenvalue weighted by atomic mass is 28.3. The van der Waals surface area contributed by atoms with Crippen molar-refractivity contribution in [2.75, 3.05) is 0 Å². The third-order valence-electron chi connectivity index (χ3n) is 6.78. The van der Waals surface area contributed by atoms with Crippen LogP contribution in [-0.2, 0) is 0 Å². The van der Waals surface area contributed by atoms with Gasteiger partial charge in [-0.15, -0.1) is 0 Å². The topological polar surface area (TPSA) is 17.8 Å². The van der Waals surface area contributed by atoms with E-state index < -0.39 is 8.07 Å². The van der Waals surface area contributed by atoms with Crippen molar-refractivity contribution in [1.29, 1.82) is 0 Å². The van der Waals surface area contributed by atoms with Crippen molar-refractivity contribution in [3.8, 4) is 28.1 Å².